The standard InChI is InChI=1S/C13H12ClNO/c1-10(12-6-2-3-7-13(12)14)15-8-4-5-11(15)9-16/h2-10H,1H3. The molecule has 0 N–H and O–H groups in total. The van der Waals surface area contributed by atoms with E-state index in [0.29, 0.717) is 5.69 Å². The number of rotatable bonds is 3. The van der Waals surface area contributed by atoms with Gasteiger partial charge in [-0.3, -0.25) is 4.79 Å². The van der Waals surface area contributed by atoms with E-state index in [9.17, 15) is 4.79 Å². The molecular weight excluding hydrogens is 222 g/mol. The normalized spacial score (nSPS) is 12.4. The highest BCUT2D eigenvalue weighted by molar-refractivity contribution is 6.31. The van der Waals surface area contributed by atoms with Crippen molar-refractivity contribution in [3.8, 4) is 0 Å². The fourth-order valence-electron chi connectivity index (χ4n) is 1.82. The van der Waals surface area contributed by atoms with Crippen LogP contribution in [0.5, 0.6) is 0 Å². The predicted octanol–water partition coefficient (Wildman–Crippen LogP) is 3.56. The van der Waals surface area contributed by atoms with Gasteiger partial charge in [-0.1, -0.05) is 29.8 Å². The molecule has 0 saturated heterocycles. The Morgan fingerprint density at radius 2 is 2.00 bits per heavy atom. The van der Waals surface area contributed by atoms with Crippen LogP contribution in [0.1, 0.15) is 29.0 Å². The summed E-state index contributed by atoms with van der Waals surface area (Å²) in [5.41, 5.74) is 1.68. The molecular formula is C13H12ClNO. The zero-order chi connectivity index (χ0) is 11.5. The van der Waals surface area contributed by atoms with Gasteiger partial charge in [-0.2, -0.15) is 0 Å². The first-order valence-electron chi connectivity index (χ1n) is 5.10. The van der Waals surface area contributed by atoms with Crippen LogP contribution in [0.4, 0.5) is 0 Å². The van der Waals surface area contributed by atoms with Crippen LogP contribution in [0.25, 0.3) is 0 Å². The lowest BCUT2D eigenvalue weighted by Crippen LogP contribution is -2.09. The van der Waals surface area contributed by atoms with Crippen molar-refractivity contribution in [2.45, 2.75) is 13.0 Å². The van der Waals surface area contributed by atoms with Crippen molar-refractivity contribution in [3.05, 3.63) is 58.9 Å². The molecule has 0 amide bonds. The van der Waals surface area contributed by atoms with Gasteiger partial charge >= 0.3 is 0 Å². The van der Waals surface area contributed by atoms with Crippen LogP contribution in [0.2, 0.25) is 5.02 Å². The van der Waals surface area contributed by atoms with Crippen molar-refractivity contribution in [2.24, 2.45) is 0 Å². The highest BCUT2D eigenvalue weighted by Gasteiger charge is 2.12. The monoisotopic (exact) mass is 233 g/mol. The minimum Gasteiger partial charge on any atom is -0.338 e. The summed E-state index contributed by atoms with van der Waals surface area (Å²) in [7, 11) is 0. The van der Waals surface area contributed by atoms with Gasteiger partial charge < -0.3 is 4.57 Å². The van der Waals surface area contributed by atoms with Crippen molar-refractivity contribution in [1.29, 1.82) is 0 Å². The molecule has 0 bridgehead atoms. The molecule has 2 nitrogen and oxygen atoms in total. The summed E-state index contributed by atoms with van der Waals surface area (Å²) in [4.78, 5) is 10.9. The quantitative estimate of drug-likeness (QED) is 0.743. The molecule has 1 heterocycles. The van der Waals surface area contributed by atoms with Gasteiger partial charge in [-0.25, -0.2) is 0 Å². The molecule has 1 aromatic heterocycles. The van der Waals surface area contributed by atoms with Gasteiger partial charge in [0.2, 0.25) is 0 Å². The van der Waals surface area contributed by atoms with Gasteiger partial charge in [0.1, 0.15) is 0 Å². The van der Waals surface area contributed by atoms with E-state index in [0.717, 1.165) is 16.9 Å². The molecule has 0 aliphatic heterocycles. The van der Waals surface area contributed by atoms with Crippen LogP contribution in [-0.2, 0) is 0 Å². The Balaban J connectivity index is 2.43. The smallest absolute Gasteiger partial charge is 0.166 e. The van der Waals surface area contributed by atoms with Crippen molar-refractivity contribution in [1.82, 2.24) is 4.57 Å². The van der Waals surface area contributed by atoms with Crippen LogP contribution in [0.3, 0.4) is 0 Å². The lowest BCUT2D eigenvalue weighted by Gasteiger charge is -2.17. The minimum absolute atomic E-state index is 0.0592. The lowest BCUT2D eigenvalue weighted by atomic mass is 10.1. The molecule has 0 fully saturated rings. The van der Waals surface area contributed by atoms with Crippen molar-refractivity contribution >= 4 is 17.9 Å². The zero-order valence-corrected chi connectivity index (χ0v) is 9.69. The van der Waals surface area contributed by atoms with Gasteiger partial charge in [0.25, 0.3) is 0 Å². The summed E-state index contributed by atoms with van der Waals surface area (Å²) >= 11 is 6.13. The molecule has 3 heteroatoms. The molecule has 1 atom stereocenters. The first-order valence-corrected chi connectivity index (χ1v) is 5.48. The third-order valence-electron chi connectivity index (χ3n) is 2.71. The molecule has 0 aliphatic rings. The maximum absolute atomic E-state index is 10.9. The molecule has 16 heavy (non-hydrogen) atoms. The number of halogens is 1. The fourth-order valence-corrected chi connectivity index (χ4v) is 2.12. The van der Waals surface area contributed by atoms with Crippen LogP contribution >= 0.6 is 11.6 Å². The Bertz CT molecular complexity index is 504. The number of hydrogen-bond donors (Lipinski definition) is 0. The Hall–Kier alpha value is -1.54. The molecule has 2 aromatic rings. The van der Waals surface area contributed by atoms with Crippen molar-refractivity contribution in [3.63, 3.8) is 0 Å². The van der Waals surface area contributed by atoms with E-state index in [1.807, 2.05) is 48.0 Å². The second-order valence-electron chi connectivity index (χ2n) is 3.66. The third kappa shape index (κ3) is 1.89. The van der Waals surface area contributed by atoms with E-state index >= 15 is 0 Å². The van der Waals surface area contributed by atoms with E-state index in [2.05, 4.69) is 0 Å². The fraction of sp³-hybridized carbons (Fsp3) is 0.154. The van der Waals surface area contributed by atoms with Crippen LogP contribution < -0.4 is 0 Å². The summed E-state index contributed by atoms with van der Waals surface area (Å²) in [6.45, 7) is 2.02. The van der Waals surface area contributed by atoms with E-state index < -0.39 is 0 Å². The topological polar surface area (TPSA) is 22.0 Å². The van der Waals surface area contributed by atoms with E-state index in [4.69, 9.17) is 11.6 Å². The number of nitrogens with zero attached hydrogens (tertiary/aromatic N) is 1. The summed E-state index contributed by atoms with van der Waals surface area (Å²) in [6, 6.07) is 11.4. The molecule has 82 valence electrons. The number of carbonyl (C=O) groups is 1. The first kappa shape index (κ1) is 11.0. The third-order valence-corrected chi connectivity index (χ3v) is 3.05. The average molecular weight is 234 g/mol. The Kier molecular flexibility index (Phi) is 3.11. The summed E-state index contributed by atoms with van der Waals surface area (Å²) < 4.78 is 1.91. The second kappa shape index (κ2) is 4.54. The summed E-state index contributed by atoms with van der Waals surface area (Å²) in [5.74, 6) is 0. The van der Waals surface area contributed by atoms with Gasteiger partial charge in [0, 0.05) is 11.2 Å². The predicted molar refractivity (Wildman–Crippen MR) is 65.1 cm³/mol. The number of aldehydes is 1. The Labute approximate surface area is 99.5 Å². The highest BCUT2D eigenvalue weighted by Crippen LogP contribution is 2.26. The number of carbonyl (C=O) groups excluding carboxylic acids is 1. The van der Waals surface area contributed by atoms with Gasteiger partial charge in [-0.05, 0) is 30.7 Å². The number of benzene rings is 1. The van der Waals surface area contributed by atoms with Gasteiger partial charge in [-0.15, -0.1) is 0 Å². The molecule has 0 aliphatic carbocycles. The first-order chi connectivity index (χ1) is 7.74. The van der Waals surface area contributed by atoms with Crippen LogP contribution in [0, 0.1) is 0 Å². The second-order valence-corrected chi connectivity index (χ2v) is 4.06. The van der Waals surface area contributed by atoms with Crippen LogP contribution in [0.15, 0.2) is 42.6 Å². The van der Waals surface area contributed by atoms with E-state index in [1.54, 1.807) is 6.07 Å². The summed E-state index contributed by atoms with van der Waals surface area (Å²) in [6.07, 6.45) is 2.74. The Morgan fingerprint density at radius 3 is 2.69 bits per heavy atom. The molecule has 0 saturated carbocycles. The van der Waals surface area contributed by atoms with Gasteiger partial charge in [0.05, 0.1) is 11.7 Å². The summed E-state index contributed by atoms with van der Waals surface area (Å²) in [5, 5.41) is 0.723. The maximum atomic E-state index is 10.9. The SMILES string of the molecule is CC(c1ccccc1Cl)n1cccc1C=O. The molecule has 2 rings (SSSR count). The average Bonchev–Trinajstić information content (AvgIpc) is 2.77. The number of aromatic nitrogens is 1. The molecule has 0 radical (unpaired) electrons. The highest BCUT2D eigenvalue weighted by atomic mass is 35.5. The van der Waals surface area contributed by atoms with E-state index in [-0.39, 0.29) is 6.04 Å². The number of hydrogen-bond acceptors (Lipinski definition) is 1. The molecule has 0 spiro atoms. The minimum atomic E-state index is 0.0592. The van der Waals surface area contributed by atoms with Crippen molar-refractivity contribution in [2.75, 3.05) is 0 Å². The lowest BCUT2D eigenvalue weighted by molar-refractivity contribution is 0.111. The van der Waals surface area contributed by atoms with Gasteiger partial charge in [0.15, 0.2) is 6.29 Å². The largest absolute Gasteiger partial charge is 0.338 e. The van der Waals surface area contributed by atoms with Crippen molar-refractivity contribution < 1.29 is 4.79 Å². The molecule has 1 unspecified atom stereocenters. The Morgan fingerprint density at radius 1 is 1.25 bits per heavy atom. The van der Waals surface area contributed by atoms with Crippen LogP contribution in [-0.4, -0.2) is 10.9 Å². The molecule has 1 aromatic carbocycles. The zero-order valence-electron chi connectivity index (χ0n) is 8.93. The maximum Gasteiger partial charge on any atom is 0.166 e. The van der Waals surface area contributed by atoms with E-state index in [1.165, 1.54) is 0 Å².